The van der Waals surface area contributed by atoms with Crippen LogP contribution in [0.4, 0.5) is 14.9 Å². The standard InChI is InChI=1S/C28H27FN4O/c1-31(2)24-15-11-21(12-16-24)27-26-8-5-17-32(26)25-7-4-3-6-22(25)19-33(27)28(34)30-18-20-9-13-23(29)14-10-20/h3-17,27H,18-19H2,1-2H3,(H,30,34). The molecule has 0 saturated carbocycles. The second kappa shape index (κ2) is 9.06. The van der Waals surface area contributed by atoms with Gasteiger partial charge in [0.05, 0.1) is 18.3 Å². The number of rotatable bonds is 4. The number of para-hydroxylation sites is 1. The van der Waals surface area contributed by atoms with Gasteiger partial charge in [0.15, 0.2) is 0 Å². The first-order chi connectivity index (χ1) is 16.5. The smallest absolute Gasteiger partial charge is 0.318 e. The first-order valence-electron chi connectivity index (χ1n) is 11.3. The van der Waals surface area contributed by atoms with Gasteiger partial charge in [0.25, 0.3) is 0 Å². The molecule has 0 fully saturated rings. The lowest BCUT2D eigenvalue weighted by Gasteiger charge is -2.31. The highest BCUT2D eigenvalue weighted by Gasteiger charge is 2.32. The molecular weight excluding hydrogens is 427 g/mol. The average Bonchev–Trinajstić information content (AvgIpc) is 3.28. The number of aromatic nitrogens is 1. The largest absolute Gasteiger partial charge is 0.378 e. The van der Waals surface area contributed by atoms with E-state index in [1.807, 2.05) is 37.2 Å². The predicted molar refractivity (Wildman–Crippen MR) is 133 cm³/mol. The first kappa shape index (κ1) is 21.8. The Balaban J connectivity index is 1.54. The number of carbonyl (C=O) groups excluding carboxylic acids is 1. The van der Waals surface area contributed by atoms with Gasteiger partial charge in [-0.25, -0.2) is 9.18 Å². The molecule has 0 aliphatic carbocycles. The van der Waals surface area contributed by atoms with Crippen molar-refractivity contribution in [2.45, 2.75) is 19.1 Å². The van der Waals surface area contributed by atoms with E-state index in [1.54, 1.807) is 12.1 Å². The zero-order valence-electron chi connectivity index (χ0n) is 19.3. The molecule has 2 amide bonds. The highest BCUT2D eigenvalue weighted by atomic mass is 19.1. The zero-order chi connectivity index (χ0) is 23.7. The fourth-order valence-electron chi connectivity index (χ4n) is 4.53. The Morgan fingerprint density at radius 1 is 0.971 bits per heavy atom. The second-order valence-electron chi connectivity index (χ2n) is 8.73. The lowest BCUT2D eigenvalue weighted by Crippen LogP contribution is -2.41. The van der Waals surface area contributed by atoms with E-state index in [0.717, 1.165) is 33.8 Å². The van der Waals surface area contributed by atoms with Crippen molar-refractivity contribution in [3.8, 4) is 5.69 Å². The van der Waals surface area contributed by atoms with Gasteiger partial charge >= 0.3 is 6.03 Å². The van der Waals surface area contributed by atoms with Crippen LogP contribution in [0.2, 0.25) is 0 Å². The van der Waals surface area contributed by atoms with Crippen molar-refractivity contribution in [3.63, 3.8) is 0 Å². The number of anilines is 1. The topological polar surface area (TPSA) is 40.5 Å². The summed E-state index contributed by atoms with van der Waals surface area (Å²) in [5, 5.41) is 3.05. The van der Waals surface area contributed by atoms with Gasteiger partial charge in [0.2, 0.25) is 0 Å². The predicted octanol–water partition coefficient (Wildman–Crippen LogP) is 5.50. The van der Waals surface area contributed by atoms with E-state index in [9.17, 15) is 9.18 Å². The van der Waals surface area contributed by atoms with E-state index >= 15 is 0 Å². The number of nitrogens with one attached hydrogen (secondary N) is 1. The van der Waals surface area contributed by atoms with E-state index in [1.165, 1.54) is 12.1 Å². The molecule has 5 nitrogen and oxygen atoms in total. The van der Waals surface area contributed by atoms with Crippen molar-refractivity contribution in [2.24, 2.45) is 0 Å². The van der Waals surface area contributed by atoms with Gasteiger partial charge in [-0.05, 0) is 59.2 Å². The second-order valence-corrected chi connectivity index (χ2v) is 8.73. The number of hydrogen-bond donors (Lipinski definition) is 1. The number of nitrogens with zero attached hydrogens (tertiary/aromatic N) is 3. The van der Waals surface area contributed by atoms with Crippen molar-refractivity contribution in [1.82, 2.24) is 14.8 Å². The van der Waals surface area contributed by atoms with Crippen molar-refractivity contribution in [3.05, 3.63) is 119 Å². The third kappa shape index (κ3) is 4.15. The number of benzene rings is 3. The Hall–Kier alpha value is -4.06. The van der Waals surface area contributed by atoms with E-state index in [0.29, 0.717) is 13.1 Å². The first-order valence-corrected chi connectivity index (χ1v) is 11.3. The molecule has 1 aromatic heterocycles. The molecule has 172 valence electrons. The van der Waals surface area contributed by atoms with Crippen LogP contribution in [0.25, 0.3) is 5.69 Å². The van der Waals surface area contributed by atoms with E-state index in [2.05, 4.69) is 63.4 Å². The molecule has 0 saturated heterocycles. The van der Waals surface area contributed by atoms with Gasteiger partial charge < -0.3 is 19.7 Å². The molecule has 1 N–H and O–H groups in total. The molecule has 4 aromatic rings. The number of fused-ring (bicyclic) bond motifs is 3. The third-order valence-electron chi connectivity index (χ3n) is 6.31. The van der Waals surface area contributed by atoms with Gasteiger partial charge in [-0.1, -0.05) is 42.5 Å². The van der Waals surface area contributed by atoms with Crippen molar-refractivity contribution in [1.29, 1.82) is 0 Å². The summed E-state index contributed by atoms with van der Waals surface area (Å²) in [4.78, 5) is 17.6. The maximum absolute atomic E-state index is 13.6. The molecular formula is C28H27FN4O. The summed E-state index contributed by atoms with van der Waals surface area (Å²) in [6.45, 7) is 0.789. The van der Waals surface area contributed by atoms with Crippen LogP contribution in [-0.4, -0.2) is 29.6 Å². The van der Waals surface area contributed by atoms with Crippen LogP contribution in [0, 0.1) is 5.82 Å². The van der Waals surface area contributed by atoms with Crippen LogP contribution in [-0.2, 0) is 13.1 Å². The van der Waals surface area contributed by atoms with Crippen LogP contribution in [0.1, 0.15) is 28.4 Å². The molecule has 5 rings (SSSR count). The number of halogens is 1. The number of hydrogen-bond acceptors (Lipinski definition) is 2. The Morgan fingerprint density at radius 2 is 1.71 bits per heavy atom. The fourth-order valence-corrected chi connectivity index (χ4v) is 4.53. The summed E-state index contributed by atoms with van der Waals surface area (Å²) in [6, 6.07) is 26.4. The lowest BCUT2D eigenvalue weighted by atomic mass is 10.0. The SMILES string of the molecule is CN(C)c1ccc(C2c3cccn3-c3ccccc3CN2C(=O)NCc2ccc(F)cc2)cc1. The van der Waals surface area contributed by atoms with Gasteiger partial charge in [-0.3, -0.25) is 0 Å². The van der Waals surface area contributed by atoms with Crippen molar-refractivity contribution >= 4 is 11.7 Å². The maximum Gasteiger partial charge on any atom is 0.318 e. The highest BCUT2D eigenvalue weighted by molar-refractivity contribution is 5.76. The normalized spacial score (nSPS) is 14.7. The van der Waals surface area contributed by atoms with E-state index in [-0.39, 0.29) is 17.9 Å². The summed E-state index contributed by atoms with van der Waals surface area (Å²) >= 11 is 0. The quantitative estimate of drug-likeness (QED) is 0.443. The summed E-state index contributed by atoms with van der Waals surface area (Å²) in [5.41, 5.74) is 6.16. The molecule has 34 heavy (non-hydrogen) atoms. The molecule has 1 aliphatic rings. The number of carbonyl (C=O) groups is 1. The molecule has 0 radical (unpaired) electrons. The molecule has 0 spiro atoms. The van der Waals surface area contributed by atoms with Crippen molar-refractivity contribution < 1.29 is 9.18 Å². The monoisotopic (exact) mass is 454 g/mol. The Bertz CT molecular complexity index is 1290. The summed E-state index contributed by atoms with van der Waals surface area (Å²) in [5.74, 6) is -0.291. The summed E-state index contributed by atoms with van der Waals surface area (Å²) < 4.78 is 15.5. The molecule has 1 atom stereocenters. The molecule has 1 unspecified atom stereocenters. The minimum Gasteiger partial charge on any atom is -0.378 e. The molecule has 2 heterocycles. The minimum absolute atomic E-state index is 0.171. The Labute approximate surface area is 199 Å². The van der Waals surface area contributed by atoms with Crippen molar-refractivity contribution in [2.75, 3.05) is 19.0 Å². The summed E-state index contributed by atoms with van der Waals surface area (Å²) in [6.07, 6.45) is 2.05. The Morgan fingerprint density at radius 3 is 2.44 bits per heavy atom. The van der Waals surface area contributed by atoms with Crippen LogP contribution < -0.4 is 10.2 Å². The zero-order valence-corrected chi connectivity index (χ0v) is 19.3. The molecule has 0 bridgehead atoms. The Kier molecular flexibility index (Phi) is 5.80. The van der Waals surface area contributed by atoms with Gasteiger partial charge in [0, 0.05) is 38.2 Å². The average molecular weight is 455 g/mol. The number of urea groups is 1. The van der Waals surface area contributed by atoms with Crippen LogP contribution in [0.3, 0.4) is 0 Å². The maximum atomic E-state index is 13.6. The van der Waals surface area contributed by atoms with Gasteiger partial charge in [-0.2, -0.15) is 0 Å². The third-order valence-corrected chi connectivity index (χ3v) is 6.31. The summed E-state index contributed by atoms with van der Waals surface area (Å²) in [7, 11) is 4.02. The molecule has 3 aromatic carbocycles. The molecule has 6 heteroatoms. The van der Waals surface area contributed by atoms with E-state index < -0.39 is 0 Å². The van der Waals surface area contributed by atoms with Gasteiger partial charge in [-0.15, -0.1) is 0 Å². The number of amides is 2. The fraction of sp³-hybridized carbons (Fsp3) is 0.179. The van der Waals surface area contributed by atoms with Crippen LogP contribution in [0.5, 0.6) is 0 Å². The lowest BCUT2D eigenvalue weighted by molar-refractivity contribution is 0.180. The highest BCUT2D eigenvalue weighted by Crippen LogP contribution is 2.37. The van der Waals surface area contributed by atoms with Crippen LogP contribution >= 0.6 is 0 Å². The molecule has 1 aliphatic heterocycles. The minimum atomic E-state index is -0.291. The van der Waals surface area contributed by atoms with Gasteiger partial charge in [0.1, 0.15) is 5.82 Å². The van der Waals surface area contributed by atoms with Crippen LogP contribution in [0.15, 0.2) is 91.1 Å². The van der Waals surface area contributed by atoms with E-state index in [4.69, 9.17) is 0 Å².